The average Bonchev–Trinajstić information content (AvgIpc) is 3.10. The summed E-state index contributed by atoms with van der Waals surface area (Å²) >= 11 is 0. The molecule has 0 saturated carbocycles. The third-order valence-electron chi connectivity index (χ3n) is 4.65. The van der Waals surface area contributed by atoms with E-state index in [1.54, 1.807) is 30.3 Å². The van der Waals surface area contributed by atoms with Gasteiger partial charge in [0.25, 0.3) is 5.91 Å². The van der Waals surface area contributed by atoms with Crippen molar-refractivity contribution in [2.45, 2.75) is 33.3 Å². The quantitative estimate of drug-likeness (QED) is 0.394. The van der Waals surface area contributed by atoms with E-state index < -0.39 is 18.5 Å². The monoisotopic (exact) mass is 423 g/mol. The lowest BCUT2D eigenvalue weighted by Gasteiger charge is -2.10. The molecule has 7 heteroatoms. The van der Waals surface area contributed by atoms with E-state index in [1.807, 2.05) is 26.0 Å². The summed E-state index contributed by atoms with van der Waals surface area (Å²) in [6.45, 7) is 5.42. The Balaban J connectivity index is 1.56. The number of esters is 1. The number of rotatable bonds is 8. The molecule has 0 saturated heterocycles. The number of carbonyl (C=O) groups is 3. The Kier molecular flexibility index (Phi) is 7.07. The number of anilines is 1. The van der Waals surface area contributed by atoms with Crippen molar-refractivity contribution in [1.82, 2.24) is 0 Å². The van der Waals surface area contributed by atoms with Gasteiger partial charge in [-0.3, -0.25) is 9.59 Å². The van der Waals surface area contributed by atoms with Gasteiger partial charge in [-0.1, -0.05) is 0 Å². The van der Waals surface area contributed by atoms with Crippen LogP contribution in [0.2, 0.25) is 0 Å². The van der Waals surface area contributed by atoms with E-state index in [0.29, 0.717) is 29.2 Å². The van der Waals surface area contributed by atoms with Gasteiger partial charge in [0.2, 0.25) is 0 Å². The molecule has 31 heavy (non-hydrogen) atoms. The highest BCUT2D eigenvalue weighted by Gasteiger charge is 2.21. The highest BCUT2D eigenvalue weighted by atomic mass is 16.5. The molecule has 0 fully saturated rings. The summed E-state index contributed by atoms with van der Waals surface area (Å²) < 4.78 is 16.4. The van der Waals surface area contributed by atoms with Crippen LogP contribution in [0.15, 0.2) is 42.5 Å². The number of hydrogen-bond donors (Lipinski definition) is 1. The summed E-state index contributed by atoms with van der Waals surface area (Å²) in [4.78, 5) is 35.3. The van der Waals surface area contributed by atoms with Crippen LogP contribution < -0.4 is 14.8 Å². The fourth-order valence-corrected chi connectivity index (χ4v) is 3.19. The van der Waals surface area contributed by atoms with Crippen molar-refractivity contribution in [1.29, 1.82) is 0 Å². The van der Waals surface area contributed by atoms with E-state index in [0.717, 1.165) is 17.7 Å². The summed E-state index contributed by atoms with van der Waals surface area (Å²) in [5.41, 5.74) is 2.83. The minimum Gasteiger partial charge on any atom is -0.493 e. The number of carbonyl (C=O) groups excluding carboxylic acids is 3. The van der Waals surface area contributed by atoms with Crippen LogP contribution in [-0.4, -0.2) is 37.0 Å². The van der Waals surface area contributed by atoms with Gasteiger partial charge in [0.05, 0.1) is 6.61 Å². The number of fused-ring (bicyclic) bond motifs is 1. The van der Waals surface area contributed by atoms with Crippen LogP contribution in [0.5, 0.6) is 11.5 Å². The molecule has 2 aromatic rings. The Morgan fingerprint density at radius 1 is 1.19 bits per heavy atom. The largest absolute Gasteiger partial charge is 0.493 e. The fourth-order valence-electron chi connectivity index (χ4n) is 3.19. The molecular weight excluding hydrogens is 398 g/mol. The summed E-state index contributed by atoms with van der Waals surface area (Å²) in [5.74, 6) is 0.246. The molecule has 1 aliphatic heterocycles. The number of ether oxygens (including phenoxy) is 3. The third-order valence-corrected chi connectivity index (χ3v) is 4.65. The first-order valence-electron chi connectivity index (χ1n) is 10.1. The van der Waals surface area contributed by atoms with Gasteiger partial charge < -0.3 is 19.5 Å². The average molecular weight is 423 g/mol. The SMILES string of the molecule is CCOc1cc2c(cc1/C=C/C(=O)OCC(=O)Nc1ccc(C(C)=O)cc1)O[C@H](C)C2. The predicted octanol–water partition coefficient (Wildman–Crippen LogP) is 3.81. The highest BCUT2D eigenvalue weighted by Crippen LogP contribution is 2.35. The zero-order valence-corrected chi connectivity index (χ0v) is 17.8. The second-order valence-corrected chi connectivity index (χ2v) is 7.19. The zero-order chi connectivity index (χ0) is 22.4. The topological polar surface area (TPSA) is 90.9 Å². The molecule has 3 rings (SSSR count). The lowest BCUT2D eigenvalue weighted by atomic mass is 10.1. The first-order valence-corrected chi connectivity index (χ1v) is 10.1. The first-order chi connectivity index (χ1) is 14.9. The van der Waals surface area contributed by atoms with Gasteiger partial charge in [-0.15, -0.1) is 0 Å². The van der Waals surface area contributed by atoms with Gasteiger partial charge in [0.15, 0.2) is 12.4 Å². The Morgan fingerprint density at radius 3 is 2.61 bits per heavy atom. The Bertz CT molecular complexity index is 1010. The molecule has 1 N–H and O–H groups in total. The molecule has 162 valence electrons. The maximum absolute atomic E-state index is 12.0. The molecule has 0 unspecified atom stereocenters. The van der Waals surface area contributed by atoms with Gasteiger partial charge in [0.1, 0.15) is 17.6 Å². The van der Waals surface area contributed by atoms with Crippen LogP contribution in [0, 0.1) is 0 Å². The molecule has 1 aliphatic rings. The summed E-state index contributed by atoms with van der Waals surface area (Å²) in [6.07, 6.45) is 3.75. The van der Waals surface area contributed by atoms with Crippen LogP contribution in [-0.2, 0) is 20.7 Å². The summed E-state index contributed by atoms with van der Waals surface area (Å²) in [6, 6.07) is 10.2. The lowest BCUT2D eigenvalue weighted by Crippen LogP contribution is -2.20. The molecule has 7 nitrogen and oxygen atoms in total. The van der Waals surface area contributed by atoms with E-state index in [-0.39, 0.29) is 11.9 Å². The number of ketones is 1. The molecule has 2 aromatic carbocycles. The van der Waals surface area contributed by atoms with Crippen molar-refractivity contribution in [3.63, 3.8) is 0 Å². The van der Waals surface area contributed by atoms with E-state index >= 15 is 0 Å². The maximum atomic E-state index is 12.0. The Morgan fingerprint density at radius 2 is 1.94 bits per heavy atom. The van der Waals surface area contributed by atoms with E-state index in [2.05, 4.69) is 5.32 Å². The van der Waals surface area contributed by atoms with Crippen molar-refractivity contribution >= 4 is 29.4 Å². The zero-order valence-electron chi connectivity index (χ0n) is 17.8. The first kappa shape index (κ1) is 22.1. The van der Waals surface area contributed by atoms with Crippen molar-refractivity contribution in [3.05, 3.63) is 59.2 Å². The number of nitrogens with one attached hydrogen (secondary N) is 1. The van der Waals surface area contributed by atoms with Gasteiger partial charge in [-0.2, -0.15) is 0 Å². The number of amides is 1. The van der Waals surface area contributed by atoms with Crippen molar-refractivity contribution in [3.8, 4) is 11.5 Å². The highest BCUT2D eigenvalue weighted by molar-refractivity contribution is 5.96. The van der Waals surface area contributed by atoms with Crippen molar-refractivity contribution < 1.29 is 28.6 Å². The second kappa shape index (κ2) is 9.93. The lowest BCUT2D eigenvalue weighted by molar-refractivity contribution is -0.142. The minimum absolute atomic E-state index is 0.0597. The van der Waals surface area contributed by atoms with E-state index in [4.69, 9.17) is 14.2 Å². The minimum atomic E-state index is -0.653. The molecule has 1 heterocycles. The molecule has 0 radical (unpaired) electrons. The smallest absolute Gasteiger partial charge is 0.331 e. The third kappa shape index (κ3) is 5.94. The van der Waals surface area contributed by atoms with Crippen LogP contribution in [0.4, 0.5) is 5.69 Å². The normalized spacial score (nSPS) is 14.6. The molecular formula is C24H25NO6. The molecule has 0 aliphatic carbocycles. The fraction of sp³-hybridized carbons (Fsp3) is 0.292. The van der Waals surface area contributed by atoms with E-state index in [1.165, 1.54) is 13.0 Å². The molecule has 0 bridgehead atoms. The van der Waals surface area contributed by atoms with Crippen molar-refractivity contribution in [2.24, 2.45) is 0 Å². The van der Waals surface area contributed by atoms with Gasteiger partial charge in [-0.05, 0) is 63.2 Å². The number of benzene rings is 2. The maximum Gasteiger partial charge on any atom is 0.331 e. The Hall–Kier alpha value is -3.61. The Labute approximate surface area is 181 Å². The standard InChI is InChI=1S/C24H25NO6/c1-4-29-21-13-19-11-15(2)31-22(19)12-18(21)7-10-24(28)30-14-23(27)25-20-8-5-17(6-9-20)16(3)26/h5-10,12-13,15H,4,11,14H2,1-3H3,(H,25,27)/b10-7+/t15-/m1/s1. The van der Waals surface area contributed by atoms with Crippen LogP contribution in [0.1, 0.15) is 42.3 Å². The summed E-state index contributed by atoms with van der Waals surface area (Å²) in [5, 5.41) is 2.61. The van der Waals surface area contributed by atoms with E-state index in [9.17, 15) is 14.4 Å². The van der Waals surface area contributed by atoms with Gasteiger partial charge >= 0.3 is 5.97 Å². The number of Topliss-reactive ketones (excluding diaryl/α,β-unsaturated/α-hetero) is 1. The molecule has 0 aromatic heterocycles. The van der Waals surface area contributed by atoms with Crippen LogP contribution in [0.3, 0.4) is 0 Å². The summed E-state index contributed by atoms with van der Waals surface area (Å²) in [7, 11) is 0. The molecule has 1 atom stereocenters. The van der Waals surface area contributed by atoms with Gasteiger partial charge in [0, 0.05) is 34.9 Å². The number of hydrogen-bond acceptors (Lipinski definition) is 6. The second-order valence-electron chi connectivity index (χ2n) is 7.19. The molecule has 0 spiro atoms. The van der Waals surface area contributed by atoms with Crippen LogP contribution in [0.25, 0.3) is 6.08 Å². The van der Waals surface area contributed by atoms with Gasteiger partial charge in [-0.25, -0.2) is 4.79 Å². The predicted molar refractivity (Wildman–Crippen MR) is 116 cm³/mol. The van der Waals surface area contributed by atoms with Crippen molar-refractivity contribution in [2.75, 3.05) is 18.5 Å². The molecule has 1 amide bonds. The van der Waals surface area contributed by atoms with Crippen LogP contribution >= 0.6 is 0 Å².